The maximum Gasteiger partial charge on any atom is 0.0794 e. The molecule has 1 aromatic rings. The quantitative estimate of drug-likeness (QED) is 0.819. The number of nitrogens with two attached hydrogens (primary N) is 1. The van der Waals surface area contributed by atoms with Gasteiger partial charge in [-0.15, -0.1) is 11.3 Å². The van der Waals surface area contributed by atoms with E-state index in [1.54, 1.807) is 11.3 Å². The van der Waals surface area contributed by atoms with Crippen molar-refractivity contribution in [3.05, 3.63) is 16.6 Å². The molecule has 2 nitrogen and oxygen atoms in total. The minimum atomic E-state index is 0.271. The third-order valence-corrected chi connectivity index (χ3v) is 3.68. The summed E-state index contributed by atoms with van der Waals surface area (Å²) in [5.74, 6) is 1.04. The second-order valence-electron chi connectivity index (χ2n) is 3.31. The van der Waals surface area contributed by atoms with Crippen molar-refractivity contribution >= 4 is 23.1 Å². The van der Waals surface area contributed by atoms with Crippen molar-refractivity contribution in [2.75, 3.05) is 5.75 Å². The molecule has 0 saturated carbocycles. The lowest BCUT2D eigenvalue weighted by Crippen LogP contribution is -2.25. The minimum Gasteiger partial charge on any atom is -0.327 e. The average molecular weight is 216 g/mol. The highest BCUT2D eigenvalue weighted by Crippen LogP contribution is 2.13. The van der Waals surface area contributed by atoms with E-state index >= 15 is 0 Å². The molecule has 0 radical (unpaired) electrons. The first-order valence-corrected chi connectivity index (χ1v) is 6.36. The van der Waals surface area contributed by atoms with Gasteiger partial charge in [-0.25, -0.2) is 0 Å². The van der Waals surface area contributed by atoms with Crippen LogP contribution < -0.4 is 5.73 Å². The molecular weight excluding hydrogens is 200 g/mol. The van der Waals surface area contributed by atoms with E-state index in [-0.39, 0.29) is 6.04 Å². The van der Waals surface area contributed by atoms with Crippen molar-refractivity contribution in [2.45, 2.75) is 31.6 Å². The van der Waals surface area contributed by atoms with Crippen molar-refractivity contribution in [1.82, 2.24) is 4.98 Å². The third-order valence-electron chi connectivity index (χ3n) is 1.59. The van der Waals surface area contributed by atoms with Gasteiger partial charge in [-0.05, 0) is 11.7 Å². The van der Waals surface area contributed by atoms with Crippen molar-refractivity contribution in [3.8, 4) is 0 Å². The summed E-state index contributed by atoms with van der Waals surface area (Å²) in [5, 5.41) is 0.674. The van der Waals surface area contributed by atoms with E-state index in [0.29, 0.717) is 5.25 Å². The van der Waals surface area contributed by atoms with Gasteiger partial charge in [0.1, 0.15) is 0 Å². The van der Waals surface area contributed by atoms with Gasteiger partial charge >= 0.3 is 0 Å². The largest absolute Gasteiger partial charge is 0.327 e. The number of nitrogens with zero attached hydrogens (tertiary/aromatic N) is 1. The highest BCUT2D eigenvalue weighted by molar-refractivity contribution is 7.99. The SMILES string of the molecule is CC(C)SCC(N)Cc1cncs1. The van der Waals surface area contributed by atoms with Crippen molar-refractivity contribution in [2.24, 2.45) is 5.73 Å². The summed E-state index contributed by atoms with van der Waals surface area (Å²) in [6, 6.07) is 0.271. The van der Waals surface area contributed by atoms with Crippen LogP contribution in [0.15, 0.2) is 11.7 Å². The van der Waals surface area contributed by atoms with Gasteiger partial charge in [-0.1, -0.05) is 13.8 Å². The van der Waals surface area contributed by atoms with Crippen LogP contribution in [-0.2, 0) is 6.42 Å². The Kier molecular flexibility index (Phi) is 4.77. The first kappa shape index (κ1) is 11.0. The zero-order valence-electron chi connectivity index (χ0n) is 8.06. The Morgan fingerprint density at radius 1 is 1.62 bits per heavy atom. The number of thiazole rings is 1. The monoisotopic (exact) mass is 216 g/mol. The molecule has 2 N–H and O–H groups in total. The van der Waals surface area contributed by atoms with Crippen LogP contribution in [0.2, 0.25) is 0 Å². The maximum atomic E-state index is 5.97. The van der Waals surface area contributed by atoms with E-state index in [0.717, 1.165) is 12.2 Å². The van der Waals surface area contributed by atoms with Crippen LogP contribution >= 0.6 is 23.1 Å². The van der Waals surface area contributed by atoms with Gasteiger partial charge in [-0.3, -0.25) is 4.98 Å². The predicted molar refractivity (Wildman–Crippen MR) is 61.4 cm³/mol. The average Bonchev–Trinajstić information content (AvgIpc) is 2.53. The summed E-state index contributed by atoms with van der Waals surface area (Å²) in [7, 11) is 0. The van der Waals surface area contributed by atoms with Crippen LogP contribution in [0.5, 0.6) is 0 Å². The zero-order chi connectivity index (χ0) is 9.68. The molecule has 0 spiro atoms. The summed E-state index contributed by atoms with van der Waals surface area (Å²) in [5.41, 5.74) is 7.83. The maximum absolute atomic E-state index is 5.97. The molecule has 4 heteroatoms. The van der Waals surface area contributed by atoms with Crippen molar-refractivity contribution < 1.29 is 0 Å². The summed E-state index contributed by atoms with van der Waals surface area (Å²) in [6.07, 6.45) is 2.87. The molecule has 0 fully saturated rings. The molecule has 0 amide bonds. The Bertz CT molecular complexity index is 222. The molecule has 13 heavy (non-hydrogen) atoms. The second kappa shape index (κ2) is 5.62. The Morgan fingerprint density at radius 3 is 2.92 bits per heavy atom. The molecule has 1 aromatic heterocycles. The van der Waals surface area contributed by atoms with Crippen LogP contribution in [0.3, 0.4) is 0 Å². The van der Waals surface area contributed by atoms with E-state index in [1.807, 2.05) is 23.5 Å². The molecule has 1 unspecified atom stereocenters. The summed E-state index contributed by atoms with van der Waals surface area (Å²) < 4.78 is 0. The molecule has 1 rings (SSSR count). The Hall–Kier alpha value is -0.0600. The number of hydrogen-bond acceptors (Lipinski definition) is 4. The minimum absolute atomic E-state index is 0.271. The molecular formula is C9H16N2S2. The van der Waals surface area contributed by atoms with E-state index < -0.39 is 0 Å². The highest BCUT2D eigenvalue weighted by Gasteiger charge is 2.06. The van der Waals surface area contributed by atoms with Gasteiger partial charge in [0.2, 0.25) is 0 Å². The lowest BCUT2D eigenvalue weighted by molar-refractivity contribution is 0.754. The Labute approximate surface area is 87.9 Å². The fourth-order valence-corrected chi connectivity index (χ4v) is 2.42. The van der Waals surface area contributed by atoms with E-state index in [1.165, 1.54) is 4.88 Å². The fourth-order valence-electron chi connectivity index (χ4n) is 0.976. The molecule has 74 valence electrons. The molecule has 0 aliphatic rings. The molecule has 0 aliphatic heterocycles. The number of hydrogen-bond donors (Lipinski definition) is 1. The zero-order valence-corrected chi connectivity index (χ0v) is 9.70. The lowest BCUT2D eigenvalue weighted by atomic mass is 10.2. The van der Waals surface area contributed by atoms with Gasteiger partial charge in [0, 0.05) is 22.9 Å². The standard InChI is InChI=1S/C9H16N2S2/c1-7(2)12-5-8(10)3-9-4-11-6-13-9/h4,6-8H,3,5,10H2,1-2H3. The molecule has 0 bridgehead atoms. The van der Waals surface area contributed by atoms with Crippen LogP contribution in [-0.4, -0.2) is 22.0 Å². The van der Waals surface area contributed by atoms with E-state index in [4.69, 9.17) is 5.73 Å². The Morgan fingerprint density at radius 2 is 2.38 bits per heavy atom. The van der Waals surface area contributed by atoms with Gasteiger partial charge in [-0.2, -0.15) is 11.8 Å². The molecule has 0 aromatic carbocycles. The van der Waals surface area contributed by atoms with Gasteiger partial charge in [0.15, 0.2) is 0 Å². The molecule has 1 heterocycles. The molecule has 0 aliphatic carbocycles. The lowest BCUT2D eigenvalue weighted by Gasteiger charge is -2.11. The topological polar surface area (TPSA) is 38.9 Å². The summed E-state index contributed by atoms with van der Waals surface area (Å²) in [4.78, 5) is 5.32. The number of aromatic nitrogens is 1. The van der Waals surface area contributed by atoms with Crippen molar-refractivity contribution in [1.29, 1.82) is 0 Å². The van der Waals surface area contributed by atoms with E-state index in [9.17, 15) is 0 Å². The van der Waals surface area contributed by atoms with Crippen LogP contribution in [0.4, 0.5) is 0 Å². The number of rotatable bonds is 5. The predicted octanol–water partition coefficient (Wildman–Crippen LogP) is 2.15. The van der Waals surface area contributed by atoms with Crippen LogP contribution in [0.25, 0.3) is 0 Å². The van der Waals surface area contributed by atoms with E-state index in [2.05, 4.69) is 18.8 Å². The van der Waals surface area contributed by atoms with Gasteiger partial charge < -0.3 is 5.73 Å². The first-order valence-electron chi connectivity index (χ1n) is 4.43. The van der Waals surface area contributed by atoms with Gasteiger partial charge in [0.25, 0.3) is 0 Å². The highest BCUT2D eigenvalue weighted by atomic mass is 32.2. The van der Waals surface area contributed by atoms with Gasteiger partial charge in [0.05, 0.1) is 5.51 Å². The Balaban J connectivity index is 2.22. The summed E-state index contributed by atoms with van der Waals surface area (Å²) >= 11 is 3.61. The smallest absolute Gasteiger partial charge is 0.0794 e. The van der Waals surface area contributed by atoms with Crippen LogP contribution in [0.1, 0.15) is 18.7 Å². The van der Waals surface area contributed by atoms with Crippen molar-refractivity contribution in [3.63, 3.8) is 0 Å². The first-order chi connectivity index (χ1) is 6.18. The molecule has 1 atom stereocenters. The molecule has 0 saturated heterocycles. The number of thioether (sulfide) groups is 1. The second-order valence-corrected chi connectivity index (χ2v) is 5.89. The third kappa shape index (κ3) is 4.64. The van der Waals surface area contributed by atoms with Crippen LogP contribution in [0, 0.1) is 0 Å². The fraction of sp³-hybridized carbons (Fsp3) is 0.667. The summed E-state index contributed by atoms with van der Waals surface area (Å²) in [6.45, 7) is 4.40. The normalized spacial score (nSPS) is 13.5.